The predicted molar refractivity (Wildman–Crippen MR) is 83.4 cm³/mol. The molecule has 0 aliphatic rings. The highest BCUT2D eigenvalue weighted by molar-refractivity contribution is 5.84. The number of nitrogens with one attached hydrogen (secondary N) is 1. The summed E-state index contributed by atoms with van der Waals surface area (Å²) in [6.07, 6.45) is 0.606. The number of amides is 1. The predicted octanol–water partition coefficient (Wildman–Crippen LogP) is 2.48. The van der Waals surface area contributed by atoms with Crippen LogP contribution in [-0.4, -0.2) is 24.1 Å². The first-order valence-electron chi connectivity index (χ1n) is 7.22. The van der Waals surface area contributed by atoms with E-state index in [2.05, 4.69) is 5.32 Å². The summed E-state index contributed by atoms with van der Waals surface area (Å²) in [5.41, 5.74) is 1.04. The highest BCUT2D eigenvalue weighted by Crippen LogP contribution is 2.15. The van der Waals surface area contributed by atoms with Crippen molar-refractivity contribution in [3.63, 3.8) is 0 Å². The maximum Gasteiger partial charge on any atom is 0.371 e. The molecular weight excluding hydrogens is 298 g/mol. The van der Waals surface area contributed by atoms with E-state index in [4.69, 9.17) is 14.3 Å². The van der Waals surface area contributed by atoms with E-state index >= 15 is 0 Å². The molecule has 6 heteroatoms. The monoisotopic (exact) mass is 317 g/mol. The van der Waals surface area contributed by atoms with E-state index in [9.17, 15) is 9.59 Å². The molecule has 1 aromatic heterocycles. The van der Waals surface area contributed by atoms with E-state index in [0.717, 1.165) is 11.3 Å². The van der Waals surface area contributed by atoms with Gasteiger partial charge in [-0.2, -0.15) is 0 Å². The molecule has 2 aromatic rings. The van der Waals surface area contributed by atoms with Crippen LogP contribution in [0.5, 0.6) is 5.75 Å². The van der Waals surface area contributed by atoms with E-state index in [1.54, 1.807) is 7.11 Å². The zero-order chi connectivity index (χ0) is 16.8. The van der Waals surface area contributed by atoms with Crippen molar-refractivity contribution in [1.29, 1.82) is 0 Å². The number of carboxylic acids is 1. The summed E-state index contributed by atoms with van der Waals surface area (Å²) in [7, 11) is 1.61. The number of carbonyl (C=O) groups is 2. The topological polar surface area (TPSA) is 88.8 Å². The van der Waals surface area contributed by atoms with Crippen LogP contribution >= 0.6 is 0 Å². The van der Waals surface area contributed by atoms with Crippen LogP contribution in [0, 0.1) is 5.92 Å². The second-order valence-electron chi connectivity index (χ2n) is 5.24. The van der Waals surface area contributed by atoms with Gasteiger partial charge in [0.05, 0.1) is 13.7 Å². The zero-order valence-corrected chi connectivity index (χ0v) is 13.0. The minimum atomic E-state index is -1.13. The summed E-state index contributed by atoms with van der Waals surface area (Å²) in [6, 6.07) is 10.5. The normalized spacial score (nSPS) is 11.7. The Bertz CT molecular complexity index is 675. The highest BCUT2D eigenvalue weighted by Gasteiger charge is 2.15. The molecule has 1 atom stereocenters. The van der Waals surface area contributed by atoms with Gasteiger partial charge in [-0.05, 0) is 36.2 Å². The zero-order valence-electron chi connectivity index (χ0n) is 13.0. The van der Waals surface area contributed by atoms with Gasteiger partial charge in [0.15, 0.2) is 0 Å². The van der Waals surface area contributed by atoms with Gasteiger partial charge in [-0.25, -0.2) is 4.79 Å². The fourth-order valence-corrected chi connectivity index (χ4v) is 2.14. The summed E-state index contributed by atoms with van der Waals surface area (Å²) in [4.78, 5) is 22.8. The standard InChI is InChI=1S/C17H19NO5/c1-11(9-12-3-5-13(22-2)6-4-12)16(19)18-10-14-7-8-15(23-14)17(20)21/h3-8,11H,9-10H2,1-2H3,(H,18,19)(H,20,21). The van der Waals surface area contributed by atoms with E-state index < -0.39 is 5.97 Å². The van der Waals surface area contributed by atoms with Crippen LogP contribution in [0.3, 0.4) is 0 Å². The van der Waals surface area contributed by atoms with Gasteiger partial charge in [-0.3, -0.25) is 4.79 Å². The minimum absolute atomic E-state index is 0.117. The van der Waals surface area contributed by atoms with Crippen molar-refractivity contribution in [3.8, 4) is 5.75 Å². The number of hydrogen-bond acceptors (Lipinski definition) is 4. The Morgan fingerprint density at radius 3 is 2.48 bits per heavy atom. The van der Waals surface area contributed by atoms with Gasteiger partial charge in [0, 0.05) is 5.92 Å². The Kier molecular flexibility index (Phi) is 5.41. The number of methoxy groups -OCH3 is 1. The molecule has 0 aliphatic heterocycles. The number of hydrogen-bond donors (Lipinski definition) is 2. The van der Waals surface area contributed by atoms with E-state index in [-0.39, 0.29) is 24.1 Å². The molecule has 0 radical (unpaired) electrons. The molecule has 1 unspecified atom stereocenters. The molecule has 0 fully saturated rings. The first-order chi connectivity index (χ1) is 11.0. The quantitative estimate of drug-likeness (QED) is 0.819. The number of carboxylic acid groups (broad SMARTS) is 1. The third-order valence-corrected chi connectivity index (χ3v) is 3.46. The molecule has 2 rings (SSSR count). The SMILES string of the molecule is COc1ccc(CC(C)C(=O)NCc2ccc(C(=O)O)o2)cc1. The summed E-state index contributed by atoms with van der Waals surface area (Å²) in [6.45, 7) is 2.00. The summed E-state index contributed by atoms with van der Waals surface area (Å²) in [5.74, 6) is -0.410. The Morgan fingerprint density at radius 1 is 1.22 bits per heavy atom. The molecule has 2 N–H and O–H groups in total. The number of furan rings is 1. The average Bonchev–Trinajstić information content (AvgIpc) is 3.02. The molecule has 1 aromatic carbocycles. The molecule has 0 saturated heterocycles. The van der Waals surface area contributed by atoms with Gasteiger partial charge < -0.3 is 19.6 Å². The smallest absolute Gasteiger partial charge is 0.371 e. The number of rotatable bonds is 7. The van der Waals surface area contributed by atoms with Crippen molar-refractivity contribution >= 4 is 11.9 Å². The fourth-order valence-electron chi connectivity index (χ4n) is 2.14. The lowest BCUT2D eigenvalue weighted by Crippen LogP contribution is -2.29. The van der Waals surface area contributed by atoms with Gasteiger partial charge in [-0.15, -0.1) is 0 Å². The lowest BCUT2D eigenvalue weighted by molar-refractivity contribution is -0.124. The van der Waals surface area contributed by atoms with Crippen molar-refractivity contribution < 1.29 is 23.8 Å². The van der Waals surface area contributed by atoms with Gasteiger partial charge >= 0.3 is 5.97 Å². The molecule has 23 heavy (non-hydrogen) atoms. The van der Waals surface area contributed by atoms with Crippen molar-refractivity contribution in [2.24, 2.45) is 5.92 Å². The van der Waals surface area contributed by atoms with E-state index in [0.29, 0.717) is 12.2 Å². The van der Waals surface area contributed by atoms with Crippen LogP contribution < -0.4 is 10.1 Å². The minimum Gasteiger partial charge on any atom is -0.497 e. The maximum absolute atomic E-state index is 12.1. The lowest BCUT2D eigenvalue weighted by Gasteiger charge is -2.12. The second-order valence-corrected chi connectivity index (χ2v) is 5.24. The Hall–Kier alpha value is -2.76. The van der Waals surface area contributed by atoms with Crippen LogP contribution in [0.1, 0.15) is 28.8 Å². The maximum atomic E-state index is 12.1. The highest BCUT2D eigenvalue weighted by atomic mass is 16.5. The summed E-state index contributed by atoms with van der Waals surface area (Å²) >= 11 is 0. The second kappa shape index (κ2) is 7.49. The number of aromatic carboxylic acids is 1. The van der Waals surface area contributed by atoms with Crippen LogP contribution in [0.15, 0.2) is 40.8 Å². The van der Waals surface area contributed by atoms with E-state index in [1.807, 2.05) is 31.2 Å². The number of carbonyl (C=O) groups excluding carboxylic acids is 1. The fraction of sp³-hybridized carbons (Fsp3) is 0.294. The largest absolute Gasteiger partial charge is 0.497 e. The average molecular weight is 317 g/mol. The van der Waals surface area contributed by atoms with E-state index in [1.165, 1.54) is 12.1 Å². The molecule has 6 nitrogen and oxygen atoms in total. The van der Waals surface area contributed by atoms with Crippen molar-refractivity contribution in [1.82, 2.24) is 5.32 Å². The molecule has 1 heterocycles. The summed E-state index contributed by atoms with van der Waals surface area (Å²) < 4.78 is 10.2. The first-order valence-corrected chi connectivity index (χ1v) is 7.22. The molecule has 122 valence electrons. The molecular formula is C17H19NO5. The Balaban J connectivity index is 1.85. The van der Waals surface area contributed by atoms with Crippen LogP contribution in [0.25, 0.3) is 0 Å². The number of benzene rings is 1. The first kappa shape index (κ1) is 16.6. The third kappa shape index (κ3) is 4.60. The van der Waals surface area contributed by atoms with Crippen molar-refractivity contribution in [2.75, 3.05) is 7.11 Å². The molecule has 0 spiro atoms. The van der Waals surface area contributed by atoms with Gasteiger partial charge in [0.1, 0.15) is 11.5 Å². The Morgan fingerprint density at radius 2 is 1.91 bits per heavy atom. The molecule has 0 aliphatic carbocycles. The van der Waals surface area contributed by atoms with Crippen LogP contribution in [0.2, 0.25) is 0 Å². The number of ether oxygens (including phenoxy) is 1. The summed E-state index contributed by atoms with van der Waals surface area (Å²) in [5, 5.41) is 11.5. The van der Waals surface area contributed by atoms with Crippen LogP contribution in [-0.2, 0) is 17.8 Å². The van der Waals surface area contributed by atoms with Gasteiger partial charge in [0.2, 0.25) is 11.7 Å². The molecule has 0 bridgehead atoms. The molecule has 1 amide bonds. The third-order valence-electron chi connectivity index (χ3n) is 3.46. The molecule has 0 saturated carbocycles. The Labute approximate surface area is 134 Å². The van der Waals surface area contributed by atoms with Crippen molar-refractivity contribution in [3.05, 3.63) is 53.5 Å². The van der Waals surface area contributed by atoms with Crippen LogP contribution in [0.4, 0.5) is 0 Å². The van der Waals surface area contributed by atoms with Crippen molar-refractivity contribution in [2.45, 2.75) is 19.9 Å². The van der Waals surface area contributed by atoms with Gasteiger partial charge in [-0.1, -0.05) is 19.1 Å². The lowest BCUT2D eigenvalue weighted by atomic mass is 10.0. The van der Waals surface area contributed by atoms with Gasteiger partial charge in [0.25, 0.3) is 0 Å².